The fourth-order valence-electron chi connectivity index (χ4n) is 2.33. The first-order chi connectivity index (χ1) is 7.44. The Balaban J connectivity index is 2.43. The van der Waals surface area contributed by atoms with Gasteiger partial charge in [-0.15, -0.1) is 0 Å². The molecule has 1 rings (SSSR count). The van der Waals surface area contributed by atoms with Crippen LogP contribution in [0.15, 0.2) is 0 Å². The van der Waals surface area contributed by atoms with Crippen molar-refractivity contribution in [1.82, 2.24) is 0 Å². The molecule has 1 saturated heterocycles. The first-order valence-electron chi connectivity index (χ1n) is 6.69. The van der Waals surface area contributed by atoms with Gasteiger partial charge >= 0.3 is 0 Å². The Labute approximate surface area is 103 Å². The van der Waals surface area contributed by atoms with Gasteiger partial charge in [0, 0.05) is 6.61 Å². The zero-order chi connectivity index (χ0) is 12.2. The SMILES string of the molecule is CC(C)CC(C)(O[SiH2]C1CCCO1)C(C)C. The van der Waals surface area contributed by atoms with Crippen LogP contribution in [0.4, 0.5) is 0 Å². The van der Waals surface area contributed by atoms with Gasteiger partial charge in [0.05, 0.1) is 11.3 Å². The monoisotopic (exact) mass is 244 g/mol. The number of ether oxygens (including phenoxy) is 1. The van der Waals surface area contributed by atoms with Crippen molar-refractivity contribution in [2.75, 3.05) is 6.61 Å². The summed E-state index contributed by atoms with van der Waals surface area (Å²) in [6.45, 7) is 12.3. The first-order valence-corrected chi connectivity index (χ1v) is 8.09. The van der Waals surface area contributed by atoms with E-state index in [1.807, 2.05) is 0 Å². The molecule has 1 aliphatic heterocycles. The Hall–Kier alpha value is 0.137. The van der Waals surface area contributed by atoms with Gasteiger partial charge in [-0.25, -0.2) is 0 Å². The number of rotatable bonds is 6. The Kier molecular flexibility index (Phi) is 5.48. The van der Waals surface area contributed by atoms with E-state index in [0.717, 1.165) is 13.0 Å². The van der Waals surface area contributed by atoms with Gasteiger partial charge in [0.2, 0.25) is 0 Å². The number of hydrogen-bond acceptors (Lipinski definition) is 2. The molecule has 96 valence electrons. The predicted molar refractivity (Wildman–Crippen MR) is 71.3 cm³/mol. The highest BCUT2D eigenvalue weighted by atomic mass is 28.2. The quantitative estimate of drug-likeness (QED) is 0.669. The van der Waals surface area contributed by atoms with Crippen LogP contribution in [-0.2, 0) is 9.16 Å². The van der Waals surface area contributed by atoms with Crippen molar-refractivity contribution in [1.29, 1.82) is 0 Å². The third kappa shape index (κ3) is 4.19. The first kappa shape index (κ1) is 14.2. The highest BCUT2D eigenvalue weighted by Gasteiger charge is 2.31. The fraction of sp³-hybridized carbons (Fsp3) is 1.00. The molecule has 0 aromatic heterocycles. The molecule has 0 spiro atoms. The molecule has 0 aromatic carbocycles. The van der Waals surface area contributed by atoms with Gasteiger partial charge in [-0.1, -0.05) is 27.7 Å². The van der Waals surface area contributed by atoms with E-state index < -0.39 is 9.76 Å². The van der Waals surface area contributed by atoms with Crippen LogP contribution in [0.1, 0.15) is 53.9 Å². The summed E-state index contributed by atoms with van der Waals surface area (Å²) in [7, 11) is -0.524. The van der Waals surface area contributed by atoms with Crippen LogP contribution in [0.3, 0.4) is 0 Å². The van der Waals surface area contributed by atoms with Crippen molar-refractivity contribution in [3.05, 3.63) is 0 Å². The maximum absolute atomic E-state index is 6.30. The van der Waals surface area contributed by atoms with Crippen LogP contribution in [0.25, 0.3) is 0 Å². The molecule has 16 heavy (non-hydrogen) atoms. The van der Waals surface area contributed by atoms with E-state index >= 15 is 0 Å². The van der Waals surface area contributed by atoms with Crippen molar-refractivity contribution < 1.29 is 9.16 Å². The Bertz CT molecular complexity index is 200. The topological polar surface area (TPSA) is 18.5 Å². The molecule has 0 radical (unpaired) electrons. The normalized spacial score (nSPS) is 26.1. The second kappa shape index (κ2) is 6.17. The average Bonchev–Trinajstić information content (AvgIpc) is 2.65. The third-order valence-electron chi connectivity index (χ3n) is 3.66. The molecule has 0 amide bonds. The maximum Gasteiger partial charge on any atom is 0.191 e. The minimum atomic E-state index is -0.524. The Morgan fingerprint density at radius 3 is 2.50 bits per heavy atom. The lowest BCUT2D eigenvalue weighted by Crippen LogP contribution is -2.40. The van der Waals surface area contributed by atoms with Gasteiger partial charge < -0.3 is 9.16 Å². The highest BCUT2D eigenvalue weighted by molar-refractivity contribution is 6.29. The molecule has 0 bridgehead atoms. The second-order valence-electron chi connectivity index (χ2n) is 6.01. The molecule has 0 aliphatic carbocycles. The van der Waals surface area contributed by atoms with E-state index in [0.29, 0.717) is 17.6 Å². The molecule has 0 saturated carbocycles. The molecule has 1 heterocycles. The van der Waals surface area contributed by atoms with E-state index in [2.05, 4.69) is 34.6 Å². The van der Waals surface area contributed by atoms with Gasteiger partial charge in [0.15, 0.2) is 9.76 Å². The van der Waals surface area contributed by atoms with E-state index in [4.69, 9.17) is 9.16 Å². The van der Waals surface area contributed by atoms with Crippen LogP contribution < -0.4 is 0 Å². The van der Waals surface area contributed by atoms with E-state index in [1.165, 1.54) is 12.8 Å². The van der Waals surface area contributed by atoms with E-state index in [1.54, 1.807) is 0 Å². The summed E-state index contributed by atoms with van der Waals surface area (Å²) in [5.41, 5.74) is 0.539. The van der Waals surface area contributed by atoms with Crippen LogP contribution in [0, 0.1) is 11.8 Å². The van der Waals surface area contributed by atoms with E-state index in [-0.39, 0.29) is 5.60 Å². The van der Waals surface area contributed by atoms with Gasteiger partial charge in [0.1, 0.15) is 0 Å². The molecular formula is C13H28O2Si. The zero-order valence-corrected chi connectivity index (χ0v) is 13.0. The van der Waals surface area contributed by atoms with Crippen molar-refractivity contribution in [2.24, 2.45) is 11.8 Å². The summed E-state index contributed by atoms with van der Waals surface area (Å²) in [5.74, 6) is 1.29. The van der Waals surface area contributed by atoms with Crippen molar-refractivity contribution in [3.63, 3.8) is 0 Å². The lowest BCUT2D eigenvalue weighted by molar-refractivity contribution is 0.0128. The third-order valence-corrected chi connectivity index (χ3v) is 5.50. The van der Waals surface area contributed by atoms with Gasteiger partial charge in [0.25, 0.3) is 0 Å². The Morgan fingerprint density at radius 2 is 2.06 bits per heavy atom. The molecule has 1 fully saturated rings. The molecule has 0 aromatic rings. The molecule has 2 atom stereocenters. The van der Waals surface area contributed by atoms with Gasteiger partial charge in [-0.05, 0) is 38.0 Å². The summed E-state index contributed by atoms with van der Waals surface area (Å²) >= 11 is 0. The van der Waals surface area contributed by atoms with Crippen LogP contribution >= 0.6 is 0 Å². The maximum atomic E-state index is 6.30. The standard InChI is InChI=1S/C13H28O2Si/c1-10(2)9-13(5,11(3)4)15-16-12-7-6-8-14-12/h10-12H,6-9,16H2,1-5H3. The predicted octanol–water partition coefficient (Wildman–Crippen LogP) is 2.68. The summed E-state index contributed by atoms with van der Waals surface area (Å²) in [6.07, 6.45) is 3.61. The summed E-state index contributed by atoms with van der Waals surface area (Å²) in [4.78, 5) is 0. The van der Waals surface area contributed by atoms with Crippen LogP contribution in [0.5, 0.6) is 0 Å². The molecule has 3 heteroatoms. The van der Waals surface area contributed by atoms with E-state index in [9.17, 15) is 0 Å². The highest BCUT2D eigenvalue weighted by Crippen LogP contribution is 2.29. The molecule has 0 N–H and O–H groups in total. The second-order valence-corrected chi connectivity index (χ2v) is 7.54. The summed E-state index contributed by atoms with van der Waals surface area (Å²) in [6, 6.07) is 0. The van der Waals surface area contributed by atoms with Gasteiger partial charge in [-0.3, -0.25) is 0 Å². The lowest BCUT2D eigenvalue weighted by atomic mass is 9.85. The van der Waals surface area contributed by atoms with Crippen molar-refractivity contribution >= 4 is 9.76 Å². The Morgan fingerprint density at radius 1 is 1.38 bits per heavy atom. The van der Waals surface area contributed by atoms with Crippen molar-refractivity contribution in [2.45, 2.75) is 65.2 Å². The largest absolute Gasteiger partial charge is 0.416 e. The smallest absolute Gasteiger partial charge is 0.191 e. The minimum absolute atomic E-state index is 0.0618. The molecular weight excluding hydrogens is 216 g/mol. The average molecular weight is 244 g/mol. The zero-order valence-electron chi connectivity index (χ0n) is 11.6. The van der Waals surface area contributed by atoms with Crippen LogP contribution in [0.2, 0.25) is 0 Å². The van der Waals surface area contributed by atoms with Crippen molar-refractivity contribution in [3.8, 4) is 0 Å². The molecule has 2 unspecified atom stereocenters. The van der Waals surface area contributed by atoms with Crippen LogP contribution in [-0.4, -0.2) is 27.7 Å². The summed E-state index contributed by atoms with van der Waals surface area (Å²) < 4.78 is 12.0. The number of hydrogen-bond donors (Lipinski definition) is 0. The molecule has 1 aliphatic rings. The fourth-order valence-corrected chi connectivity index (χ4v) is 4.07. The lowest BCUT2D eigenvalue weighted by Gasteiger charge is -2.37. The van der Waals surface area contributed by atoms with Gasteiger partial charge in [-0.2, -0.15) is 0 Å². The minimum Gasteiger partial charge on any atom is -0.416 e. The molecule has 2 nitrogen and oxygen atoms in total. The summed E-state index contributed by atoms with van der Waals surface area (Å²) in [5, 5.41) is 0.